The highest BCUT2D eigenvalue weighted by Gasteiger charge is 2.06. The molecule has 0 bridgehead atoms. The van der Waals surface area contributed by atoms with Crippen LogP contribution in [0.25, 0.3) is 10.8 Å². The molecule has 0 aliphatic rings. The minimum atomic E-state index is -0.624. The van der Waals surface area contributed by atoms with Crippen LogP contribution < -0.4 is 5.73 Å². The third kappa shape index (κ3) is 1.25. The van der Waals surface area contributed by atoms with Crippen molar-refractivity contribution in [2.45, 2.75) is 6.92 Å². The van der Waals surface area contributed by atoms with E-state index >= 15 is 0 Å². The van der Waals surface area contributed by atoms with Gasteiger partial charge in [0.15, 0.2) is 0 Å². The normalized spacial score (nSPS) is 10.4. The maximum Gasteiger partial charge on any atom is 0.270 e. The Kier molecular flexibility index (Phi) is 1.97. The summed E-state index contributed by atoms with van der Waals surface area (Å²) in [6.07, 6.45) is 0. The lowest BCUT2D eigenvalue weighted by Gasteiger charge is -2.04. The minimum Gasteiger partial charge on any atom is -0.267 e. The minimum absolute atomic E-state index is 0.478. The number of carbonyl (C=O) groups excluding carboxylic acids is 1. The maximum atomic E-state index is 11.0. The van der Waals surface area contributed by atoms with Gasteiger partial charge in [0.05, 0.1) is 0 Å². The van der Waals surface area contributed by atoms with E-state index in [1.54, 1.807) is 6.07 Å². The van der Waals surface area contributed by atoms with Gasteiger partial charge in [0.2, 0.25) is 0 Å². The Morgan fingerprint density at radius 3 is 2.43 bits per heavy atom. The van der Waals surface area contributed by atoms with Crippen LogP contribution in [0.2, 0.25) is 0 Å². The zero-order valence-corrected chi connectivity index (χ0v) is 7.87. The average molecular weight is 184 g/mol. The molecular weight excluding hydrogens is 174 g/mol. The molecule has 0 spiro atoms. The highest BCUT2D eigenvalue weighted by atomic mass is 16.1. The van der Waals surface area contributed by atoms with Crippen molar-refractivity contribution < 1.29 is 4.79 Å². The Morgan fingerprint density at radius 2 is 1.71 bits per heavy atom. The Hall–Kier alpha value is -1.83. The van der Waals surface area contributed by atoms with Crippen LogP contribution in [0.15, 0.2) is 36.4 Å². The molecule has 1 radical (unpaired) electrons. The number of amides is 1. The van der Waals surface area contributed by atoms with Crippen LogP contribution in [0.4, 0.5) is 0 Å². The SMILES string of the molecule is Cc1cccc2c(C([NH])=O)cccc12. The molecule has 0 fully saturated rings. The molecule has 0 saturated heterocycles. The maximum absolute atomic E-state index is 11.0. The fraction of sp³-hybridized carbons (Fsp3) is 0.0833. The molecule has 0 saturated carbocycles. The lowest BCUT2D eigenvalue weighted by atomic mass is 10.0. The Morgan fingerprint density at radius 1 is 1.07 bits per heavy atom. The van der Waals surface area contributed by atoms with Gasteiger partial charge in [-0.25, -0.2) is 0 Å². The monoisotopic (exact) mass is 184 g/mol. The third-order valence-corrected chi connectivity index (χ3v) is 2.38. The van der Waals surface area contributed by atoms with Crippen molar-refractivity contribution in [2.24, 2.45) is 0 Å². The molecule has 0 aromatic heterocycles. The number of carbonyl (C=O) groups is 1. The van der Waals surface area contributed by atoms with E-state index in [0.29, 0.717) is 5.56 Å². The second-order valence-electron chi connectivity index (χ2n) is 3.30. The number of nitrogens with one attached hydrogen (secondary N) is 1. The van der Waals surface area contributed by atoms with E-state index in [1.165, 1.54) is 0 Å². The van der Waals surface area contributed by atoms with Crippen molar-refractivity contribution in [3.8, 4) is 0 Å². The fourth-order valence-corrected chi connectivity index (χ4v) is 1.67. The first kappa shape index (κ1) is 8.75. The lowest BCUT2D eigenvalue weighted by Crippen LogP contribution is -1.99. The topological polar surface area (TPSA) is 40.9 Å². The lowest BCUT2D eigenvalue weighted by molar-refractivity contribution is 0.0993. The van der Waals surface area contributed by atoms with Gasteiger partial charge in [0, 0.05) is 5.56 Å². The molecule has 0 aliphatic carbocycles. The molecule has 0 atom stereocenters. The van der Waals surface area contributed by atoms with E-state index < -0.39 is 5.91 Å². The molecule has 2 aromatic rings. The number of fused-ring (bicyclic) bond motifs is 1. The molecule has 0 heterocycles. The van der Waals surface area contributed by atoms with Crippen LogP contribution in [-0.4, -0.2) is 5.91 Å². The van der Waals surface area contributed by atoms with Crippen LogP contribution in [0.3, 0.4) is 0 Å². The first-order valence-corrected chi connectivity index (χ1v) is 4.44. The second kappa shape index (κ2) is 3.14. The van der Waals surface area contributed by atoms with Crippen molar-refractivity contribution in [3.63, 3.8) is 0 Å². The predicted molar refractivity (Wildman–Crippen MR) is 56.1 cm³/mol. The van der Waals surface area contributed by atoms with Gasteiger partial charge in [0.1, 0.15) is 0 Å². The first-order valence-electron chi connectivity index (χ1n) is 4.44. The molecular formula is C12H10NO. The summed E-state index contributed by atoms with van der Waals surface area (Å²) in [5.74, 6) is -0.624. The molecule has 2 rings (SSSR count). The Bertz CT molecular complexity index is 503. The molecule has 2 aromatic carbocycles. The highest BCUT2D eigenvalue weighted by Crippen LogP contribution is 2.21. The molecule has 14 heavy (non-hydrogen) atoms. The number of rotatable bonds is 1. The Labute approximate surface area is 82.3 Å². The van der Waals surface area contributed by atoms with Gasteiger partial charge in [0.25, 0.3) is 5.91 Å². The standard InChI is InChI=1S/C12H10NO/c1-8-4-2-6-10-9(8)5-3-7-11(10)12(13)14/h2-7,13H,1H3. The molecule has 0 aliphatic heterocycles. The van der Waals surface area contributed by atoms with Gasteiger partial charge in [-0.3, -0.25) is 10.5 Å². The molecule has 0 unspecified atom stereocenters. The molecule has 2 nitrogen and oxygen atoms in total. The van der Waals surface area contributed by atoms with E-state index in [-0.39, 0.29) is 0 Å². The highest BCUT2D eigenvalue weighted by molar-refractivity contribution is 6.06. The van der Waals surface area contributed by atoms with Crippen LogP contribution in [0.1, 0.15) is 15.9 Å². The van der Waals surface area contributed by atoms with Gasteiger partial charge >= 0.3 is 0 Å². The first-order chi connectivity index (χ1) is 6.70. The summed E-state index contributed by atoms with van der Waals surface area (Å²) in [5, 5.41) is 1.91. The zero-order chi connectivity index (χ0) is 10.1. The zero-order valence-electron chi connectivity index (χ0n) is 7.87. The number of hydrogen-bond donors (Lipinski definition) is 0. The van der Waals surface area contributed by atoms with Crippen LogP contribution >= 0.6 is 0 Å². The van der Waals surface area contributed by atoms with Crippen LogP contribution in [-0.2, 0) is 0 Å². The largest absolute Gasteiger partial charge is 0.270 e. The van der Waals surface area contributed by atoms with Crippen molar-refractivity contribution in [1.82, 2.24) is 5.73 Å². The van der Waals surface area contributed by atoms with Crippen LogP contribution in [0, 0.1) is 6.92 Å². The van der Waals surface area contributed by atoms with Crippen molar-refractivity contribution in [2.75, 3.05) is 0 Å². The molecule has 69 valence electrons. The van der Waals surface area contributed by atoms with Gasteiger partial charge < -0.3 is 0 Å². The summed E-state index contributed by atoms with van der Waals surface area (Å²) in [7, 11) is 0. The van der Waals surface area contributed by atoms with Gasteiger partial charge in [-0.2, -0.15) is 0 Å². The van der Waals surface area contributed by atoms with E-state index in [0.717, 1.165) is 16.3 Å². The summed E-state index contributed by atoms with van der Waals surface area (Å²) in [6, 6.07) is 11.3. The van der Waals surface area contributed by atoms with E-state index in [4.69, 9.17) is 5.73 Å². The van der Waals surface area contributed by atoms with E-state index in [9.17, 15) is 4.79 Å². The van der Waals surface area contributed by atoms with E-state index in [2.05, 4.69) is 0 Å². The van der Waals surface area contributed by atoms with Gasteiger partial charge in [-0.1, -0.05) is 30.3 Å². The third-order valence-electron chi connectivity index (χ3n) is 2.38. The van der Waals surface area contributed by atoms with Crippen molar-refractivity contribution in [1.29, 1.82) is 0 Å². The summed E-state index contributed by atoms with van der Waals surface area (Å²) in [4.78, 5) is 11.0. The average Bonchev–Trinajstić information content (AvgIpc) is 2.17. The smallest absolute Gasteiger partial charge is 0.267 e. The van der Waals surface area contributed by atoms with Crippen molar-refractivity contribution in [3.05, 3.63) is 47.5 Å². The number of hydrogen-bond acceptors (Lipinski definition) is 1. The van der Waals surface area contributed by atoms with Gasteiger partial charge in [-0.15, -0.1) is 0 Å². The van der Waals surface area contributed by atoms with Crippen molar-refractivity contribution >= 4 is 16.7 Å². The van der Waals surface area contributed by atoms with Crippen LogP contribution in [0.5, 0.6) is 0 Å². The summed E-state index contributed by atoms with van der Waals surface area (Å²) in [5.41, 5.74) is 8.74. The predicted octanol–water partition coefficient (Wildman–Crippen LogP) is 2.57. The van der Waals surface area contributed by atoms with Gasteiger partial charge in [-0.05, 0) is 29.3 Å². The quantitative estimate of drug-likeness (QED) is 0.671. The molecule has 2 heteroatoms. The summed E-state index contributed by atoms with van der Waals surface area (Å²) >= 11 is 0. The molecule has 1 N–H and O–H groups in total. The summed E-state index contributed by atoms with van der Waals surface area (Å²) in [6.45, 7) is 2.00. The van der Waals surface area contributed by atoms with E-state index in [1.807, 2.05) is 37.3 Å². The number of benzene rings is 2. The fourth-order valence-electron chi connectivity index (χ4n) is 1.67. The Balaban J connectivity index is 2.88. The molecule has 1 amide bonds. The second-order valence-corrected chi connectivity index (χ2v) is 3.30. The summed E-state index contributed by atoms with van der Waals surface area (Å²) < 4.78 is 0. The number of aryl methyl sites for hydroxylation is 1.